The molecular formula is C12H14FNO3. The first-order valence-corrected chi connectivity index (χ1v) is 5.53. The number of aliphatic carboxylic acids is 1. The molecule has 0 aliphatic carbocycles. The minimum atomic E-state index is -0.918. The maximum absolute atomic E-state index is 12.9. The average Bonchev–Trinajstić information content (AvgIpc) is 2.75. The van der Waals surface area contributed by atoms with Crippen molar-refractivity contribution in [2.24, 2.45) is 0 Å². The normalized spacial score (nSPS) is 23.6. The zero-order chi connectivity index (χ0) is 12.3. The summed E-state index contributed by atoms with van der Waals surface area (Å²) < 4.78 is 18.2. The fraction of sp³-hybridized carbons (Fsp3) is 0.417. The molecule has 2 atom stereocenters. The molecule has 1 aromatic carbocycles. The van der Waals surface area contributed by atoms with Crippen LogP contribution in [-0.4, -0.2) is 29.8 Å². The van der Waals surface area contributed by atoms with E-state index in [2.05, 4.69) is 5.32 Å². The van der Waals surface area contributed by atoms with Crippen LogP contribution >= 0.6 is 0 Å². The number of carboxylic acids is 1. The Bertz CT molecular complexity index is 410. The lowest BCUT2D eigenvalue weighted by molar-refractivity contribution is -0.149. The van der Waals surface area contributed by atoms with E-state index in [9.17, 15) is 9.18 Å². The zero-order valence-electron chi connectivity index (χ0n) is 9.23. The lowest BCUT2D eigenvalue weighted by Crippen LogP contribution is -2.24. The highest BCUT2D eigenvalue weighted by Crippen LogP contribution is 2.20. The van der Waals surface area contributed by atoms with Crippen molar-refractivity contribution < 1.29 is 19.0 Å². The fourth-order valence-corrected chi connectivity index (χ4v) is 1.87. The fourth-order valence-electron chi connectivity index (χ4n) is 1.87. The maximum atomic E-state index is 12.9. The standard InChI is InChI=1S/C12H14FNO3/c13-8-2-1-3-9(6-8)14-7-10-4-5-11(17-10)12(15)16/h1-3,6,10-11,14H,4-5,7H2,(H,15,16). The Kier molecular flexibility index (Phi) is 3.58. The smallest absolute Gasteiger partial charge is 0.332 e. The molecule has 5 heteroatoms. The molecule has 4 nitrogen and oxygen atoms in total. The van der Waals surface area contributed by atoms with Crippen molar-refractivity contribution in [3.05, 3.63) is 30.1 Å². The maximum Gasteiger partial charge on any atom is 0.332 e. The quantitative estimate of drug-likeness (QED) is 0.842. The van der Waals surface area contributed by atoms with E-state index in [0.29, 0.717) is 25.1 Å². The molecule has 0 spiro atoms. The Hall–Kier alpha value is -1.62. The van der Waals surface area contributed by atoms with Gasteiger partial charge in [-0.25, -0.2) is 9.18 Å². The van der Waals surface area contributed by atoms with Gasteiger partial charge in [-0.15, -0.1) is 0 Å². The highest BCUT2D eigenvalue weighted by molar-refractivity contribution is 5.72. The first-order chi connectivity index (χ1) is 8.15. The van der Waals surface area contributed by atoms with Crippen LogP contribution in [-0.2, 0) is 9.53 Å². The molecule has 2 rings (SSSR count). The Morgan fingerprint density at radius 1 is 1.53 bits per heavy atom. The molecule has 0 aromatic heterocycles. The van der Waals surface area contributed by atoms with Crippen LogP contribution in [0.4, 0.5) is 10.1 Å². The molecule has 1 aliphatic heterocycles. The number of halogens is 1. The largest absolute Gasteiger partial charge is 0.479 e. The van der Waals surface area contributed by atoms with Crippen molar-refractivity contribution in [2.75, 3.05) is 11.9 Å². The summed E-state index contributed by atoms with van der Waals surface area (Å²) in [5.74, 6) is -1.22. The van der Waals surface area contributed by atoms with Crippen molar-refractivity contribution in [2.45, 2.75) is 25.0 Å². The van der Waals surface area contributed by atoms with Gasteiger partial charge in [0.2, 0.25) is 0 Å². The molecule has 1 fully saturated rings. The SMILES string of the molecule is O=C(O)C1CCC(CNc2cccc(F)c2)O1. The predicted octanol–water partition coefficient (Wildman–Crippen LogP) is 1.87. The first kappa shape index (κ1) is 11.9. The second kappa shape index (κ2) is 5.14. The number of benzene rings is 1. The molecule has 92 valence electrons. The van der Waals surface area contributed by atoms with Gasteiger partial charge in [0, 0.05) is 12.2 Å². The number of anilines is 1. The van der Waals surface area contributed by atoms with E-state index in [0.717, 1.165) is 0 Å². The third-order valence-corrected chi connectivity index (χ3v) is 2.74. The van der Waals surface area contributed by atoms with Crippen LogP contribution in [0.1, 0.15) is 12.8 Å². The van der Waals surface area contributed by atoms with Gasteiger partial charge in [-0.3, -0.25) is 0 Å². The minimum absolute atomic E-state index is 0.126. The second-order valence-corrected chi connectivity index (χ2v) is 4.05. The van der Waals surface area contributed by atoms with Crippen LogP contribution in [0.25, 0.3) is 0 Å². The van der Waals surface area contributed by atoms with Gasteiger partial charge in [0.25, 0.3) is 0 Å². The first-order valence-electron chi connectivity index (χ1n) is 5.53. The minimum Gasteiger partial charge on any atom is -0.479 e. The monoisotopic (exact) mass is 239 g/mol. The molecule has 17 heavy (non-hydrogen) atoms. The van der Waals surface area contributed by atoms with Crippen LogP contribution in [0, 0.1) is 5.82 Å². The van der Waals surface area contributed by atoms with E-state index in [1.807, 2.05) is 0 Å². The summed E-state index contributed by atoms with van der Waals surface area (Å²) in [7, 11) is 0. The molecule has 1 heterocycles. The van der Waals surface area contributed by atoms with Gasteiger partial charge < -0.3 is 15.2 Å². The second-order valence-electron chi connectivity index (χ2n) is 4.05. The lowest BCUT2D eigenvalue weighted by Gasteiger charge is -2.13. The molecule has 1 aliphatic rings. The van der Waals surface area contributed by atoms with Crippen LogP contribution in [0.2, 0.25) is 0 Å². The summed E-state index contributed by atoms with van der Waals surface area (Å²) in [6.45, 7) is 0.493. The van der Waals surface area contributed by atoms with Gasteiger partial charge in [0.05, 0.1) is 6.10 Å². The van der Waals surface area contributed by atoms with E-state index < -0.39 is 12.1 Å². The molecule has 1 aromatic rings. The highest BCUT2D eigenvalue weighted by Gasteiger charge is 2.30. The molecule has 0 amide bonds. The van der Waals surface area contributed by atoms with Gasteiger partial charge in [0.15, 0.2) is 6.10 Å². The molecule has 0 bridgehead atoms. The summed E-state index contributed by atoms with van der Waals surface area (Å²) in [5.41, 5.74) is 0.673. The van der Waals surface area contributed by atoms with Gasteiger partial charge in [-0.1, -0.05) is 6.07 Å². The molecule has 2 N–H and O–H groups in total. The van der Waals surface area contributed by atoms with Crippen molar-refractivity contribution >= 4 is 11.7 Å². The summed E-state index contributed by atoms with van der Waals surface area (Å²) in [5, 5.41) is 11.8. The molecule has 0 saturated carbocycles. The number of carboxylic acid groups (broad SMARTS) is 1. The third kappa shape index (κ3) is 3.17. The lowest BCUT2D eigenvalue weighted by atomic mass is 10.2. The number of hydrogen-bond donors (Lipinski definition) is 2. The van der Waals surface area contributed by atoms with Crippen LogP contribution < -0.4 is 5.32 Å². The van der Waals surface area contributed by atoms with Crippen molar-refractivity contribution in [1.29, 1.82) is 0 Å². The number of rotatable bonds is 4. The van der Waals surface area contributed by atoms with Crippen LogP contribution in [0.15, 0.2) is 24.3 Å². The number of hydrogen-bond acceptors (Lipinski definition) is 3. The molecular weight excluding hydrogens is 225 g/mol. The van der Waals surface area contributed by atoms with Crippen molar-refractivity contribution in [1.82, 2.24) is 0 Å². The average molecular weight is 239 g/mol. The van der Waals surface area contributed by atoms with Gasteiger partial charge in [0.1, 0.15) is 5.82 Å². The summed E-state index contributed by atoms with van der Waals surface area (Å²) in [4.78, 5) is 10.7. The molecule has 1 saturated heterocycles. The number of carbonyl (C=O) groups is 1. The van der Waals surface area contributed by atoms with Crippen LogP contribution in [0.3, 0.4) is 0 Å². The Balaban J connectivity index is 1.82. The number of nitrogens with one attached hydrogen (secondary N) is 1. The zero-order valence-corrected chi connectivity index (χ0v) is 9.23. The van der Waals surface area contributed by atoms with E-state index in [-0.39, 0.29) is 11.9 Å². The van der Waals surface area contributed by atoms with Crippen molar-refractivity contribution in [3.8, 4) is 0 Å². The molecule has 2 unspecified atom stereocenters. The summed E-state index contributed by atoms with van der Waals surface area (Å²) in [6, 6.07) is 6.14. The van der Waals surface area contributed by atoms with Gasteiger partial charge >= 0.3 is 5.97 Å². The van der Waals surface area contributed by atoms with Crippen molar-refractivity contribution in [3.63, 3.8) is 0 Å². The molecule has 0 radical (unpaired) electrons. The van der Waals surface area contributed by atoms with E-state index in [4.69, 9.17) is 9.84 Å². The van der Waals surface area contributed by atoms with E-state index >= 15 is 0 Å². The van der Waals surface area contributed by atoms with Gasteiger partial charge in [-0.2, -0.15) is 0 Å². The topological polar surface area (TPSA) is 58.6 Å². The third-order valence-electron chi connectivity index (χ3n) is 2.74. The highest BCUT2D eigenvalue weighted by atomic mass is 19.1. The van der Waals surface area contributed by atoms with Crippen LogP contribution in [0.5, 0.6) is 0 Å². The van der Waals surface area contributed by atoms with E-state index in [1.165, 1.54) is 12.1 Å². The van der Waals surface area contributed by atoms with Gasteiger partial charge in [-0.05, 0) is 31.0 Å². The predicted molar refractivity (Wildman–Crippen MR) is 60.4 cm³/mol. The summed E-state index contributed by atoms with van der Waals surface area (Å²) >= 11 is 0. The number of ether oxygens (including phenoxy) is 1. The van der Waals surface area contributed by atoms with E-state index in [1.54, 1.807) is 12.1 Å². The Morgan fingerprint density at radius 3 is 3.00 bits per heavy atom. The summed E-state index contributed by atoms with van der Waals surface area (Å²) in [6.07, 6.45) is 0.415. The Morgan fingerprint density at radius 2 is 2.35 bits per heavy atom. The Labute approximate surface area is 98.4 Å².